The maximum atomic E-state index is 13.4. The molecule has 3 heterocycles. The molecule has 3 aromatic rings. The summed E-state index contributed by atoms with van der Waals surface area (Å²) in [5.41, 5.74) is 1.03. The van der Waals surface area contributed by atoms with Gasteiger partial charge in [-0.3, -0.25) is 4.79 Å². The van der Waals surface area contributed by atoms with Crippen LogP contribution in [0.5, 0.6) is 0 Å². The van der Waals surface area contributed by atoms with Crippen molar-refractivity contribution in [2.75, 3.05) is 24.6 Å². The number of nitrogens with zero attached hydrogens (tertiary/aromatic N) is 3. The zero-order valence-corrected chi connectivity index (χ0v) is 19.7. The number of hydrogen-bond acceptors (Lipinski definition) is 6. The summed E-state index contributed by atoms with van der Waals surface area (Å²) >= 11 is 8.07. The van der Waals surface area contributed by atoms with E-state index < -0.39 is 5.54 Å². The highest BCUT2D eigenvalue weighted by atomic mass is 127. The van der Waals surface area contributed by atoms with E-state index in [1.165, 1.54) is 0 Å². The predicted molar refractivity (Wildman–Crippen MR) is 129 cm³/mol. The van der Waals surface area contributed by atoms with Crippen LogP contribution in [0.25, 0.3) is 11.0 Å². The van der Waals surface area contributed by atoms with Gasteiger partial charge in [0, 0.05) is 53.8 Å². The van der Waals surface area contributed by atoms with Crippen LogP contribution < -0.4 is 13.7 Å². The van der Waals surface area contributed by atoms with E-state index in [1.807, 2.05) is 24.4 Å². The number of hydrogen-bond donors (Lipinski definition) is 4. The lowest BCUT2D eigenvalue weighted by Crippen LogP contribution is -2.60. The van der Waals surface area contributed by atoms with Crippen LogP contribution in [0.3, 0.4) is 0 Å². The summed E-state index contributed by atoms with van der Waals surface area (Å²) in [5.74, 6) is 0.817. The van der Waals surface area contributed by atoms with Gasteiger partial charge in [-0.2, -0.15) is 0 Å². The molecule has 4 rings (SSSR count). The molecule has 1 atom stereocenters. The maximum Gasteiger partial charge on any atom is 0.241 e. The number of carbonyl (C=O) groups excluding carboxylic acids is 1. The van der Waals surface area contributed by atoms with Gasteiger partial charge in [-0.05, 0) is 43.0 Å². The molecule has 164 valence electrons. The standard InChI is InChI=1S/C21H24ClIN6O2/c22-15-3-1-14(2-4-15)17(6-12-30)27-20(31)21(28-23)7-10-29(11-8-21)19-16-5-9-24-18(16)25-13-26-19/h1-5,9,13,17,28,30H,6-8,10-12H2,(H,27,31)(H,24,25,26)/t17-/m0/s1. The Morgan fingerprint density at radius 3 is 2.68 bits per heavy atom. The molecule has 0 saturated carbocycles. The van der Waals surface area contributed by atoms with E-state index in [-0.39, 0.29) is 18.6 Å². The Morgan fingerprint density at radius 2 is 2.00 bits per heavy atom. The first-order valence-corrected chi connectivity index (χ1v) is 11.6. The summed E-state index contributed by atoms with van der Waals surface area (Å²) in [7, 11) is 0. The number of nitrogens with one attached hydrogen (secondary N) is 3. The van der Waals surface area contributed by atoms with E-state index in [4.69, 9.17) is 11.6 Å². The second-order valence-corrected chi connectivity index (χ2v) is 8.67. The first kappa shape index (κ1) is 22.3. The van der Waals surface area contributed by atoms with E-state index in [0.29, 0.717) is 37.4 Å². The van der Waals surface area contributed by atoms with E-state index in [9.17, 15) is 9.90 Å². The van der Waals surface area contributed by atoms with Crippen LogP contribution in [-0.2, 0) is 4.79 Å². The second kappa shape index (κ2) is 9.68. The second-order valence-electron chi connectivity index (χ2n) is 7.69. The Hall–Kier alpha value is -1.95. The van der Waals surface area contributed by atoms with Gasteiger partial charge in [0.15, 0.2) is 0 Å². The van der Waals surface area contributed by atoms with Crippen LogP contribution in [0.1, 0.15) is 30.9 Å². The summed E-state index contributed by atoms with van der Waals surface area (Å²) < 4.78 is 3.24. The number of fused-ring (bicyclic) bond motifs is 1. The van der Waals surface area contributed by atoms with E-state index in [1.54, 1.807) is 18.5 Å². The average Bonchev–Trinajstić information content (AvgIpc) is 3.28. The molecule has 10 heteroatoms. The van der Waals surface area contributed by atoms with Crippen molar-refractivity contribution in [3.05, 3.63) is 53.4 Å². The Morgan fingerprint density at radius 1 is 1.26 bits per heavy atom. The van der Waals surface area contributed by atoms with Gasteiger partial charge in [0.1, 0.15) is 23.3 Å². The summed E-state index contributed by atoms with van der Waals surface area (Å²) in [6, 6.07) is 9.04. The van der Waals surface area contributed by atoms with Crippen molar-refractivity contribution in [1.29, 1.82) is 0 Å². The highest BCUT2D eigenvalue weighted by Crippen LogP contribution is 2.31. The number of carbonyl (C=O) groups is 1. The lowest BCUT2D eigenvalue weighted by Gasteiger charge is -2.41. The van der Waals surface area contributed by atoms with Crippen LogP contribution in [0.4, 0.5) is 5.82 Å². The molecule has 31 heavy (non-hydrogen) atoms. The molecular weight excluding hydrogens is 531 g/mol. The minimum absolute atomic E-state index is 0.0214. The van der Waals surface area contributed by atoms with Gasteiger partial charge in [0.25, 0.3) is 0 Å². The Bertz CT molecular complexity index is 1040. The number of aromatic amines is 1. The number of aliphatic hydroxyl groups excluding tert-OH is 1. The van der Waals surface area contributed by atoms with Crippen molar-refractivity contribution >= 4 is 57.2 Å². The molecule has 2 aromatic heterocycles. The van der Waals surface area contributed by atoms with E-state index in [0.717, 1.165) is 22.4 Å². The van der Waals surface area contributed by atoms with Crippen molar-refractivity contribution < 1.29 is 9.90 Å². The van der Waals surface area contributed by atoms with Crippen LogP contribution >= 0.6 is 34.5 Å². The number of halogens is 2. The molecular formula is C21H24ClIN6O2. The molecule has 0 spiro atoms. The molecule has 1 aliphatic rings. The normalized spacial score (nSPS) is 16.9. The predicted octanol–water partition coefficient (Wildman–Crippen LogP) is 3.13. The molecule has 1 amide bonds. The third-order valence-corrected chi connectivity index (χ3v) is 7.14. The van der Waals surface area contributed by atoms with Crippen LogP contribution in [0.15, 0.2) is 42.9 Å². The zero-order valence-electron chi connectivity index (χ0n) is 16.8. The monoisotopic (exact) mass is 554 g/mol. The Labute approximate surface area is 199 Å². The molecule has 0 unspecified atom stereocenters. The Balaban J connectivity index is 1.48. The minimum atomic E-state index is -0.693. The molecule has 0 radical (unpaired) electrons. The minimum Gasteiger partial charge on any atom is -0.396 e. The third kappa shape index (κ3) is 4.64. The van der Waals surface area contributed by atoms with Gasteiger partial charge in [-0.15, -0.1) is 0 Å². The molecule has 4 N–H and O–H groups in total. The summed E-state index contributed by atoms with van der Waals surface area (Å²) in [4.78, 5) is 27.4. The fourth-order valence-corrected chi connectivity index (χ4v) is 4.93. The number of anilines is 1. The van der Waals surface area contributed by atoms with E-state index in [2.05, 4.69) is 51.6 Å². The SMILES string of the molecule is O=C(N[C@@H](CCO)c1ccc(Cl)cc1)C1(NI)CCN(c2ncnc3[nH]ccc23)CC1. The van der Waals surface area contributed by atoms with Gasteiger partial charge < -0.3 is 20.3 Å². The zero-order chi connectivity index (χ0) is 21.8. The maximum absolute atomic E-state index is 13.4. The number of aliphatic hydroxyl groups is 1. The fourth-order valence-electron chi connectivity index (χ4n) is 4.02. The number of H-pyrrole nitrogens is 1. The van der Waals surface area contributed by atoms with Crippen LogP contribution in [0.2, 0.25) is 5.02 Å². The first-order chi connectivity index (χ1) is 15.1. The molecule has 0 bridgehead atoms. The third-order valence-electron chi connectivity index (χ3n) is 5.86. The number of aromatic nitrogens is 3. The quantitative estimate of drug-likeness (QED) is 0.264. The summed E-state index contributed by atoms with van der Waals surface area (Å²) in [6.07, 6.45) is 5.11. The molecule has 8 nitrogen and oxygen atoms in total. The van der Waals surface area contributed by atoms with Crippen molar-refractivity contribution in [3.8, 4) is 0 Å². The van der Waals surface area contributed by atoms with Crippen molar-refractivity contribution in [2.24, 2.45) is 0 Å². The van der Waals surface area contributed by atoms with Gasteiger partial charge in [-0.1, -0.05) is 23.7 Å². The number of rotatable bonds is 7. The largest absolute Gasteiger partial charge is 0.396 e. The smallest absolute Gasteiger partial charge is 0.241 e. The first-order valence-electron chi connectivity index (χ1n) is 10.1. The highest BCUT2D eigenvalue weighted by Gasteiger charge is 2.42. The topological polar surface area (TPSA) is 106 Å². The van der Waals surface area contributed by atoms with Crippen molar-refractivity contribution in [1.82, 2.24) is 23.8 Å². The summed E-state index contributed by atoms with van der Waals surface area (Å²) in [6.45, 7) is 1.35. The molecule has 1 fully saturated rings. The number of piperidine rings is 1. The number of benzene rings is 1. The van der Waals surface area contributed by atoms with Crippen LogP contribution in [0, 0.1) is 0 Å². The number of amides is 1. The van der Waals surface area contributed by atoms with Gasteiger partial charge in [0.05, 0.1) is 11.4 Å². The highest BCUT2D eigenvalue weighted by molar-refractivity contribution is 14.1. The van der Waals surface area contributed by atoms with Crippen molar-refractivity contribution in [3.63, 3.8) is 0 Å². The Kier molecular flexibility index (Phi) is 6.95. The molecule has 0 aliphatic carbocycles. The lowest BCUT2D eigenvalue weighted by atomic mass is 9.87. The molecule has 1 aliphatic heterocycles. The van der Waals surface area contributed by atoms with Gasteiger partial charge >= 0.3 is 0 Å². The average molecular weight is 555 g/mol. The molecule has 1 saturated heterocycles. The van der Waals surface area contributed by atoms with Gasteiger partial charge in [0.2, 0.25) is 5.91 Å². The van der Waals surface area contributed by atoms with E-state index >= 15 is 0 Å². The fraction of sp³-hybridized carbons (Fsp3) is 0.381. The van der Waals surface area contributed by atoms with Crippen molar-refractivity contribution in [2.45, 2.75) is 30.8 Å². The lowest BCUT2D eigenvalue weighted by molar-refractivity contribution is -0.128. The van der Waals surface area contributed by atoms with Gasteiger partial charge in [-0.25, -0.2) is 13.5 Å². The van der Waals surface area contributed by atoms with Crippen LogP contribution in [-0.4, -0.2) is 51.2 Å². The molecule has 1 aromatic carbocycles. The summed E-state index contributed by atoms with van der Waals surface area (Å²) in [5, 5.41) is 14.3.